The van der Waals surface area contributed by atoms with Gasteiger partial charge in [0, 0.05) is 29.9 Å². The van der Waals surface area contributed by atoms with Gasteiger partial charge in [-0.2, -0.15) is 0 Å². The molecule has 3 aliphatic heterocycles. The van der Waals surface area contributed by atoms with Crippen LogP contribution in [0.1, 0.15) is 23.2 Å². The summed E-state index contributed by atoms with van der Waals surface area (Å²) >= 11 is 5.36. The Labute approximate surface area is 129 Å². The molecule has 21 heavy (non-hydrogen) atoms. The fourth-order valence-corrected chi connectivity index (χ4v) is 3.44. The number of piperidine rings is 3. The van der Waals surface area contributed by atoms with Crippen molar-refractivity contribution in [2.45, 2.75) is 18.9 Å². The highest BCUT2D eigenvalue weighted by Crippen LogP contribution is 2.33. The summed E-state index contributed by atoms with van der Waals surface area (Å²) in [5.41, 5.74) is 1.42. The van der Waals surface area contributed by atoms with Crippen LogP contribution in [0.15, 0.2) is 18.2 Å². The molecule has 2 N–H and O–H groups in total. The van der Waals surface area contributed by atoms with Crippen LogP contribution in [0.25, 0.3) is 0 Å². The molecule has 0 aromatic heterocycles. The van der Waals surface area contributed by atoms with Crippen LogP contribution in [-0.4, -0.2) is 43.6 Å². The molecule has 1 atom stereocenters. The van der Waals surface area contributed by atoms with Crippen LogP contribution in [0.3, 0.4) is 0 Å². The molecule has 3 saturated heterocycles. The first kappa shape index (κ1) is 14.5. The summed E-state index contributed by atoms with van der Waals surface area (Å²) < 4.78 is 5.40. The molecule has 0 saturated carbocycles. The van der Waals surface area contributed by atoms with Gasteiger partial charge in [-0.25, -0.2) is 0 Å². The van der Waals surface area contributed by atoms with Gasteiger partial charge in [-0.1, -0.05) is 0 Å². The second-order valence-corrected chi connectivity index (χ2v) is 5.92. The van der Waals surface area contributed by atoms with Crippen molar-refractivity contribution >= 4 is 23.4 Å². The Bertz CT molecular complexity index is 530. The minimum Gasteiger partial charge on any atom is -0.495 e. The number of methoxy groups -OCH3 is 1. The molecule has 1 unspecified atom stereocenters. The Morgan fingerprint density at radius 2 is 2.14 bits per heavy atom. The van der Waals surface area contributed by atoms with Crippen molar-refractivity contribution < 1.29 is 9.53 Å². The Hall–Kier alpha value is -1.46. The van der Waals surface area contributed by atoms with Crippen LogP contribution in [0, 0.1) is 5.92 Å². The van der Waals surface area contributed by atoms with E-state index in [4.69, 9.17) is 16.5 Å². The lowest BCUT2D eigenvalue weighted by molar-refractivity contribution is 0.0973. The number of benzene rings is 1. The highest BCUT2D eigenvalue weighted by molar-refractivity contribution is 6.24. The SMILES string of the molecule is COc1cc(C(=O)NCl)ccc1NC1CN2CCC1CC2. The molecule has 3 aliphatic rings. The number of fused-ring (bicyclic) bond motifs is 3. The lowest BCUT2D eigenvalue weighted by Crippen LogP contribution is -2.53. The van der Waals surface area contributed by atoms with Crippen LogP contribution in [-0.2, 0) is 0 Å². The van der Waals surface area contributed by atoms with E-state index >= 15 is 0 Å². The Morgan fingerprint density at radius 1 is 1.38 bits per heavy atom. The van der Waals surface area contributed by atoms with Crippen molar-refractivity contribution in [3.63, 3.8) is 0 Å². The van der Waals surface area contributed by atoms with Crippen LogP contribution in [0.5, 0.6) is 5.75 Å². The van der Waals surface area contributed by atoms with E-state index in [0.717, 1.165) is 18.2 Å². The lowest BCUT2D eigenvalue weighted by atomic mass is 9.84. The smallest absolute Gasteiger partial charge is 0.265 e. The van der Waals surface area contributed by atoms with Gasteiger partial charge in [0.2, 0.25) is 0 Å². The van der Waals surface area contributed by atoms with Crippen LogP contribution in [0.4, 0.5) is 5.69 Å². The number of nitrogens with one attached hydrogen (secondary N) is 2. The lowest BCUT2D eigenvalue weighted by Gasteiger charge is -2.45. The number of hydrogen-bond acceptors (Lipinski definition) is 4. The highest BCUT2D eigenvalue weighted by atomic mass is 35.5. The molecule has 4 rings (SSSR count). The van der Waals surface area contributed by atoms with E-state index in [1.807, 2.05) is 6.07 Å². The summed E-state index contributed by atoms with van der Waals surface area (Å²) in [5.74, 6) is 1.07. The van der Waals surface area contributed by atoms with E-state index in [9.17, 15) is 4.79 Å². The molecule has 0 aliphatic carbocycles. The van der Waals surface area contributed by atoms with Crippen LogP contribution >= 0.6 is 11.8 Å². The quantitative estimate of drug-likeness (QED) is 0.836. The summed E-state index contributed by atoms with van der Waals surface area (Å²) in [6, 6.07) is 5.80. The van der Waals surface area contributed by atoms with Crippen molar-refractivity contribution in [2.75, 3.05) is 32.1 Å². The molecule has 1 amide bonds. The molecule has 5 nitrogen and oxygen atoms in total. The number of nitrogens with zero attached hydrogens (tertiary/aromatic N) is 1. The van der Waals surface area contributed by atoms with Crippen molar-refractivity contribution in [1.82, 2.24) is 9.74 Å². The van der Waals surface area contributed by atoms with E-state index in [1.165, 1.54) is 25.9 Å². The number of halogens is 1. The summed E-state index contributed by atoms with van der Waals surface area (Å²) in [4.78, 5) is 16.2. The second kappa shape index (κ2) is 6.12. The molecule has 6 heteroatoms. The first-order valence-corrected chi connectivity index (χ1v) is 7.67. The molecule has 3 heterocycles. The molecule has 0 radical (unpaired) electrons. The largest absolute Gasteiger partial charge is 0.495 e. The predicted molar refractivity (Wildman–Crippen MR) is 82.9 cm³/mol. The monoisotopic (exact) mass is 309 g/mol. The number of hydrogen-bond donors (Lipinski definition) is 2. The third-order valence-electron chi connectivity index (χ3n) is 4.55. The number of anilines is 1. The van der Waals surface area contributed by atoms with Gasteiger partial charge in [0.15, 0.2) is 0 Å². The van der Waals surface area contributed by atoms with Gasteiger partial charge in [-0.15, -0.1) is 0 Å². The summed E-state index contributed by atoms with van der Waals surface area (Å²) in [5, 5.41) is 3.58. The average molecular weight is 310 g/mol. The minimum atomic E-state index is -0.329. The summed E-state index contributed by atoms with van der Waals surface area (Å²) in [6.07, 6.45) is 2.51. The molecular formula is C15H20ClN3O2. The second-order valence-electron chi connectivity index (χ2n) is 5.73. The first-order chi connectivity index (χ1) is 10.2. The average Bonchev–Trinajstić information content (AvgIpc) is 2.55. The van der Waals surface area contributed by atoms with E-state index in [2.05, 4.69) is 15.1 Å². The standard InChI is InChI=1S/C15H20ClN3O2/c1-21-14-8-11(15(20)18-16)2-3-12(14)17-13-9-19-6-4-10(13)5-7-19/h2-3,8,10,13,17H,4-7,9H2,1H3,(H,18,20). The zero-order valence-electron chi connectivity index (χ0n) is 12.1. The molecular weight excluding hydrogens is 290 g/mol. The number of amides is 1. The maximum Gasteiger partial charge on any atom is 0.265 e. The maximum absolute atomic E-state index is 11.6. The minimum absolute atomic E-state index is 0.329. The molecule has 114 valence electrons. The van der Waals surface area contributed by atoms with E-state index in [-0.39, 0.29) is 5.91 Å². The number of rotatable bonds is 4. The van der Waals surface area contributed by atoms with Gasteiger partial charge in [0.1, 0.15) is 5.75 Å². The third kappa shape index (κ3) is 2.94. The number of ether oxygens (including phenoxy) is 1. The highest BCUT2D eigenvalue weighted by Gasteiger charge is 2.34. The molecule has 1 aromatic carbocycles. The van der Waals surface area contributed by atoms with Crippen LogP contribution in [0.2, 0.25) is 0 Å². The zero-order valence-corrected chi connectivity index (χ0v) is 12.8. The van der Waals surface area contributed by atoms with Crippen molar-refractivity contribution in [2.24, 2.45) is 5.92 Å². The van der Waals surface area contributed by atoms with Crippen molar-refractivity contribution in [3.05, 3.63) is 23.8 Å². The zero-order chi connectivity index (χ0) is 14.8. The third-order valence-corrected chi connectivity index (χ3v) is 4.72. The molecule has 2 bridgehead atoms. The summed E-state index contributed by atoms with van der Waals surface area (Å²) in [6.45, 7) is 3.52. The Balaban J connectivity index is 1.77. The molecule has 1 aromatic rings. The van der Waals surface area contributed by atoms with E-state index in [1.54, 1.807) is 19.2 Å². The van der Waals surface area contributed by atoms with E-state index < -0.39 is 0 Å². The number of carbonyl (C=O) groups is 1. The van der Waals surface area contributed by atoms with Gasteiger partial charge < -0.3 is 15.0 Å². The summed E-state index contributed by atoms with van der Waals surface area (Å²) in [7, 11) is 1.61. The molecule has 3 fully saturated rings. The van der Waals surface area contributed by atoms with Crippen molar-refractivity contribution in [1.29, 1.82) is 0 Å². The maximum atomic E-state index is 11.6. The normalized spacial score (nSPS) is 27.2. The molecule has 0 spiro atoms. The van der Waals surface area contributed by atoms with Crippen molar-refractivity contribution in [3.8, 4) is 5.75 Å². The predicted octanol–water partition coefficient (Wildman–Crippen LogP) is 2.08. The van der Waals surface area contributed by atoms with Gasteiger partial charge in [0.05, 0.1) is 12.8 Å². The van der Waals surface area contributed by atoms with E-state index in [0.29, 0.717) is 17.4 Å². The van der Waals surface area contributed by atoms with Crippen LogP contribution < -0.4 is 14.9 Å². The topological polar surface area (TPSA) is 53.6 Å². The fourth-order valence-electron chi connectivity index (χ4n) is 3.33. The Kier molecular flexibility index (Phi) is 4.22. The van der Waals surface area contributed by atoms with Gasteiger partial charge >= 0.3 is 0 Å². The number of carbonyl (C=O) groups excluding carboxylic acids is 1. The van der Waals surface area contributed by atoms with Gasteiger partial charge in [-0.05, 0) is 50.0 Å². The Morgan fingerprint density at radius 3 is 2.71 bits per heavy atom. The first-order valence-electron chi connectivity index (χ1n) is 7.29. The van der Waals surface area contributed by atoms with Gasteiger partial charge in [-0.3, -0.25) is 9.63 Å². The fraction of sp³-hybridized carbons (Fsp3) is 0.533. The van der Waals surface area contributed by atoms with Gasteiger partial charge in [0.25, 0.3) is 5.91 Å².